The number of aromatic nitrogens is 2. The summed E-state index contributed by atoms with van der Waals surface area (Å²) in [4.78, 5) is 2.38. The van der Waals surface area contributed by atoms with Gasteiger partial charge in [-0.1, -0.05) is 0 Å². The van der Waals surface area contributed by atoms with E-state index in [1.165, 1.54) is 19.4 Å². The van der Waals surface area contributed by atoms with E-state index in [0.29, 0.717) is 6.04 Å². The average Bonchev–Trinajstić information content (AvgIpc) is 2.65. The second-order valence-electron chi connectivity index (χ2n) is 4.33. The molecule has 0 radical (unpaired) electrons. The molecule has 0 aromatic carbocycles. The highest BCUT2D eigenvalue weighted by atomic mass is 15.3. The lowest BCUT2D eigenvalue weighted by atomic mass is 10.1. The van der Waals surface area contributed by atoms with E-state index >= 15 is 0 Å². The Kier molecular flexibility index (Phi) is 3.26. The fourth-order valence-electron chi connectivity index (χ4n) is 2.13. The zero-order chi connectivity index (χ0) is 10.7. The van der Waals surface area contributed by atoms with Crippen molar-refractivity contribution in [1.82, 2.24) is 14.7 Å². The molecule has 0 bridgehead atoms. The topological polar surface area (TPSA) is 33.1 Å². The molecule has 1 unspecified atom stereocenters. The van der Waals surface area contributed by atoms with E-state index in [1.807, 2.05) is 10.9 Å². The summed E-state index contributed by atoms with van der Waals surface area (Å²) in [7, 11) is 2.18. The molecule has 4 heteroatoms. The van der Waals surface area contributed by atoms with Gasteiger partial charge in [0.2, 0.25) is 0 Å². The zero-order valence-corrected chi connectivity index (χ0v) is 9.61. The molecule has 1 saturated heterocycles. The van der Waals surface area contributed by atoms with Gasteiger partial charge < -0.3 is 10.2 Å². The van der Waals surface area contributed by atoms with E-state index in [-0.39, 0.29) is 0 Å². The molecule has 1 aliphatic rings. The molecule has 1 aromatic rings. The second-order valence-corrected chi connectivity index (χ2v) is 4.33. The first-order valence-corrected chi connectivity index (χ1v) is 5.75. The molecule has 0 spiro atoms. The molecule has 1 atom stereocenters. The molecule has 2 heterocycles. The first kappa shape index (κ1) is 10.5. The first-order valence-electron chi connectivity index (χ1n) is 5.75. The summed E-state index contributed by atoms with van der Waals surface area (Å²) in [6.07, 6.45) is 6.55. The summed E-state index contributed by atoms with van der Waals surface area (Å²) >= 11 is 0. The molecule has 0 saturated carbocycles. The van der Waals surface area contributed by atoms with Crippen LogP contribution in [0.3, 0.4) is 0 Å². The van der Waals surface area contributed by atoms with Gasteiger partial charge in [-0.05, 0) is 33.4 Å². The van der Waals surface area contributed by atoms with Gasteiger partial charge in [0, 0.05) is 25.3 Å². The van der Waals surface area contributed by atoms with E-state index < -0.39 is 0 Å². The molecule has 84 valence electrons. The van der Waals surface area contributed by atoms with E-state index in [1.54, 1.807) is 0 Å². The van der Waals surface area contributed by atoms with Crippen LogP contribution in [-0.4, -0.2) is 40.9 Å². The summed E-state index contributed by atoms with van der Waals surface area (Å²) in [5.41, 5.74) is 1.15. The van der Waals surface area contributed by atoms with Crippen LogP contribution in [0.4, 0.5) is 5.69 Å². The minimum absolute atomic E-state index is 0.582. The third-order valence-electron chi connectivity index (χ3n) is 2.95. The van der Waals surface area contributed by atoms with Crippen molar-refractivity contribution in [2.24, 2.45) is 0 Å². The number of hydrogen-bond donors (Lipinski definition) is 1. The van der Waals surface area contributed by atoms with Crippen molar-refractivity contribution in [3.63, 3.8) is 0 Å². The maximum absolute atomic E-state index is 4.26. The minimum Gasteiger partial charge on any atom is -0.378 e. The molecule has 4 nitrogen and oxygen atoms in total. The Morgan fingerprint density at radius 1 is 1.60 bits per heavy atom. The van der Waals surface area contributed by atoms with Crippen LogP contribution in [0.1, 0.15) is 19.8 Å². The lowest BCUT2D eigenvalue weighted by molar-refractivity contribution is 0.261. The van der Waals surface area contributed by atoms with Crippen molar-refractivity contribution in [1.29, 1.82) is 0 Å². The van der Waals surface area contributed by atoms with E-state index in [0.717, 1.165) is 18.8 Å². The predicted octanol–water partition coefficient (Wildman–Crippen LogP) is 1.41. The molecule has 0 amide bonds. The van der Waals surface area contributed by atoms with Gasteiger partial charge in [-0.3, -0.25) is 4.68 Å². The summed E-state index contributed by atoms with van der Waals surface area (Å²) in [5, 5.41) is 7.80. The highest BCUT2D eigenvalue weighted by Crippen LogP contribution is 2.14. The smallest absolute Gasteiger partial charge is 0.0729 e. The third-order valence-corrected chi connectivity index (χ3v) is 2.95. The fourth-order valence-corrected chi connectivity index (χ4v) is 2.13. The SMILES string of the molecule is CCn1cc(NC2CCCN(C)C2)cn1. The Labute approximate surface area is 91.3 Å². The molecule has 1 fully saturated rings. The molecule has 1 aromatic heterocycles. The number of piperidine rings is 1. The van der Waals surface area contributed by atoms with E-state index in [4.69, 9.17) is 0 Å². The van der Waals surface area contributed by atoms with Crippen molar-refractivity contribution in [2.45, 2.75) is 32.4 Å². The van der Waals surface area contributed by atoms with Crippen molar-refractivity contribution in [2.75, 3.05) is 25.5 Å². The highest BCUT2D eigenvalue weighted by molar-refractivity contribution is 5.39. The monoisotopic (exact) mass is 208 g/mol. The lowest BCUT2D eigenvalue weighted by Crippen LogP contribution is -2.39. The predicted molar refractivity (Wildman–Crippen MR) is 62.0 cm³/mol. The summed E-state index contributed by atoms with van der Waals surface area (Å²) in [5.74, 6) is 0. The molecular formula is C11H20N4. The number of nitrogens with zero attached hydrogens (tertiary/aromatic N) is 3. The Morgan fingerprint density at radius 2 is 2.47 bits per heavy atom. The third kappa shape index (κ3) is 2.72. The summed E-state index contributed by atoms with van der Waals surface area (Å²) in [6, 6.07) is 0.582. The number of anilines is 1. The maximum atomic E-state index is 4.26. The number of hydrogen-bond acceptors (Lipinski definition) is 3. The van der Waals surface area contributed by atoms with Gasteiger partial charge in [-0.15, -0.1) is 0 Å². The number of rotatable bonds is 3. The lowest BCUT2D eigenvalue weighted by Gasteiger charge is -2.30. The van der Waals surface area contributed by atoms with Crippen LogP contribution in [-0.2, 0) is 6.54 Å². The van der Waals surface area contributed by atoms with Gasteiger partial charge >= 0.3 is 0 Å². The molecule has 15 heavy (non-hydrogen) atoms. The normalized spacial score (nSPS) is 22.9. The summed E-state index contributed by atoms with van der Waals surface area (Å²) < 4.78 is 1.95. The average molecular weight is 208 g/mol. The largest absolute Gasteiger partial charge is 0.378 e. The van der Waals surface area contributed by atoms with Gasteiger partial charge in [0.25, 0.3) is 0 Å². The van der Waals surface area contributed by atoms with Crippen LogP contribution in [0.2, 0.25) is 0 Å². The number of likely N-dealkylation sites (tertiary alicyclic amines) is 1. The first-order chi connectivity index (χ1) is 7.28. The Hall–Kier alpha value is -1.03. The van der Waals surface area contributed by atoms with Crippen LogP contribution < -0.4 is 5.32 Å². The van der Waals surface area contributed by atoms with Crippen LogP contribution in [0.25, 0.3) is 0 Å². The van der Waals surface area contributed by atoms with Crippen LogP contribution >= 0.6 is 0 Å². The zero-order valence-electron chi connectivity index (χ0n) is 9.61. The second kappa shape index (κ2) is 4.66. The van der Waals surface area contributed by atoms with Gasteiger partial charge in [-0.2, -0.15) is 5.10 Å². The molecule has 0 aliphatic carbocycles. The van der Waals surface area contributed by atoms with Crippen LogP contribution in [0.15, 0.2) is 12.4 Å². The van der Waals surface area contributed by atoms with E-state index in [2.05, 4.69) is 35.5 Å². The van der Waals surface area contributed by atoms with Crippen molar-refractivity contribution in [3.8, 4) is 0 Å². The Bertz CT molecular complexity index is 307. The van der Waals surface area contributed by atoms with Gasteiger partial charge in [0.1, 0.15) is 0 Å². The minimum atomic E-state index is 0.582. The Balaban J connectivity index is 1.90. The van der Waals surface area contributed by atoms with Gasteiger partial charge in [0.05, 0.1) is 11.9 Å². The quantitative estimate of drug-likeness (QED) is 0.815. The standard InChI is InChI=1S/C11H20N4/c1-3-15-9-11(7-12-15)13-10-5-4-6-14(2)8-10/h7,9-10,13H,3-6,8H2,1-2H3. The van der Waals surface area contributed by atoms with Crippen LogP contribution in [0, 0.1) is 0 Å². The van der Waals surface area contributed by atoms with Gasteiger partial charge in [-0.25, -0.2) is 0 Å². The number of likely N-dealkylation sites (N-methyl/N-ethyl adjacent to an activating group) is 1. The van der Waals surface area contributed by atoms with Gasteiger partial charge in [0.15, 0.2) is 0 Å². The van der Waals surface area contributed by atoms with Crippen molar-refractivity contribution >= 4 is 5.69 Å². The molecule has 1 N–H and O–H groups in total. The number of aryl methyl sites for hydroxylation is 1. The Morgan fingerprint density at radius 3 is 3.13 bits per heavy atom. The van der Waals surface area contributed by atoms with E-state index in [9.17, 15) is 0 Å². The molecular weight excluding hydrogens is 188 g/mol. The van der Waals surface area contributed by atoms with Crippen molar-refractivity contribution < 1.29 is 0 Å². The molecule has 1 aliphatic heterocycles. The number of nitrogens with one attached hydrogen (secondary N) is 1. The fraction of sp³-hybridized carbons (Fsp3) is 0.727. The maximum Gasteiger partial charge on any atom is 0.0729 e. The van der Waals surface area contributed by atoms with Crippen LogP contribution in [0.5, 0.6) is 0 Å². The summed E-state index contributed by atoms with van der Waals surface area (Å²) in [6.45, 7) is 5.40. The highest BCUT2D eigenvalue weighted by Gasteiger charge is 2.16. The van der Waals surface area contributed by atoms with Crippen molar-refractivity contribution in [3.05, 3.63) is 12.4 Å². The molecule has 2 rings (SSSR count).